The summed E-state index contributed by atoms with van der Waals surface area (Å²) in [5.74, 6) is 0.656. The average molecular weight is 275 g/mol. The van der Waals surface area contributed by atoms with E-state index in [2.05, 4.69) is 5.32 Å². The molecule has 2 N–H and O–H groups in total. The minimum absolute atomic E-state index is 0.0173. The fourth-order valence-electron chi connectivity index (χ4n) is 1.99. The summed E-state index contributed by atoms with van der Waals surface area (Å²) in [5.41, 5.74) is 1.61. The van der Waals surface area contributed by atoms with E-state index in [1.807, 2.05) is 13.0 Å². The van der Waals surface area contributed by atoms with E-state index in [-0.39, 0.29) is 17.6 Å². The van der Waals surface area contributed by atoms with Crippen molar-refractivity contribution in [2.45, 2.75) is 19.5 Å². The predicted octanol–water partition coefficient (Wildman–Crippen LogP) is 3.39. The van der Waals surface area contributed by atoms with E-state index < -0.39 is 0 Å². The van der Waals surface area contributed by atoms with Gasteiger partial charge >= 0.3 is 0 Å². The summed E-state index contributed by atoms with van der Waals surface area (Å²) >= 11 is 0. The Morgan fingerprint density at radius 1 is 1.25 bits per heavy atom. The van der Waals surface area contributed by atoms with E-state index in [0.717, 1.165) is 11.1 Å². The van der Waals surface area contributed by atoms with Gasteiger partial charge in [0.15, 0.2) is 0 Å². The summed E-state index contributed by atoms with van der Waals surface area (Å²) in [4.78, 5) is 0. The Bertz CT molecular complexity index is 586. The summed E-state index contributed by atoms with van der Waals surface area (Å²) in [6.07, 6.45) is 0. The number of benzene rings is 2. The molecule has 0 heterocycles. The quantitative estimate of drug-likeness (QED) is 0.879. The van der Waals surface area contributed by atoms with Crippen molar-refractivity contribution in [3.63, 3.8) is 0 Å². The van der Waals surface area contributed by atoms with Gasteiger partial charge < -0.3 is 15.2 Å². The lowest BCUT2D eigenvalue weighted by molar-refractivity contribution is 0.409. The fourth-order valence-corrected chi connectivity index (χ4v) is 1.99. The molecular formula is C16H18FNO2. The molecule has 0 unspecified atom stereocenters. The molecule has 0 amide bonds. The lowest BCUT2D eigenvalue weighted by Crippen LogP contribution is -2.18. The smallest absolute Gasteiger partial charge is 0.123 e. The van der Waals surface area contributed by atoms with Gasteiger partial charge in [-0.2, -0.15) is 0 Å². The van der Waals surface area contributed by atoms with E-state index in [1.165, 1.54) is 12.1 Å². The van der Waals surface area contributed by atoms with Crippen molar-refractivity contribution < 1.29 is 14.2 Å². The topological polar surface area (TPSA) is 41.5 Å². The molecule has 0 bridgehead atoms. The standard InChI is InChI=1S/C16H18FNO2/c1-11(12-4-3-5-14(17)8-12)18-10-13-9-15(20-2)6-7-16(13)19/h3-9,11,18-19H,10H2,1-2H3/t11-/m0/s1. The number of phenolic OH excluding ortho intramolecular Hbond substituents is 1. The first-order chi connectivity index (χ1) is 9.60. The number of aromatic hydroxyl groups is 1. The minimum atomic E-state index is -0.250. The zero-order chi connectivity index (χ0) is 14.5. The first kappa shape index (κ1) is 14.3. The maximum Gasteiger partial charge on any atom is 0.123 e. The van der Waals surface area contributed by atoms with Gasteiger partial charge in [0, 0.05) is 18.2 Å². The van der Waals surface area contributed by atoms with Gasteiger partial charge in [-0.1, -0.05) is 12.1 Å². The monoisotopic (exact) mass is 275 g/mol. The van der Waals surface area contributed by atoms with E-state index in [1.54, 1.807) is 31.4 Å². The second-order valence-electron chi connectivity index (χ2n) is 4.65. The van der Waals surface area contributed by atoms with Gasteiger partial charge in [-0.05, 0) is 42.8 Å². The maximum atomic E-state index is 13.2. The normalized spacial score (nSPS) is 12.2. The Morgan fingerprint density at radius 2 is 2.05 bits per heavy atom. The maximum absolute atomic E-state index is 13.2. The molecule has 0 fully saturated rings. The van der Waals surface area contributed by atoms with Crippen LogP contribution in [0.4, 0.5) is 4.39 Å². The Morgan fingerprint density at radius 3 is 2.75 bits per heavy atom. The van der Waals surface area contributed by atoms with Crippen molar-refractivity contribution in [2.24, 2.45) is 0 Å². The number of nitrogens with one attached hydrogen (secondary N) is 1. The lowest BCUT2D eigenvalue weighted by Gasteiger charge is -2.15. The highest BCUT2D eigenvalue weighted by Crippen LogP contribution is 2.23. The van der Waals surface area contributed by atoms with E-state index >= 15 is 0 Å². The lowest BCUT2D eigenvalue weighted by atomic mass is 10.1. The first-order valence-corrected chi connectivity index (χ1v) is 6.45. The van der Waals surface area contributed by atoms with Crippen molar-refractivity contribution >= 4 is 0 Å². The van der Waals surface area contributed by atoms with E-state index in [0.29, 0.717) is 12.3 Å². The molecule has 106 valence electrons. The third-order valence-corrected chi connectivity index (χ3v) is 3.23. The van der Waals surface area contributed by atoms with Crippen LogP contribution in [0.2, 0.25) is 0 Å². The molecular weight excluding hydrogens is 257 g/mol. The molecule has 2 rings (SSSR count). The molecule has 4 heteroatoms. The number of ether oxygens (including phenoxy) is 1. The third kappa shape index (κ3) is 3.48. The predicted molar refractivity (Wildman–Crippen MR) is 76.3 cm³/mol. The van der Waals surface area contributed by atoms with Crippen molar-refractivity contribution in [1.82, 2.24) is 5.32 Å². The Hall–Kier alpha value is -2.07. The van der Waals surface area contributed by atoms with Crippen LogP contribution in [-0.4, -0.2) is 12.2 Å². The molecule has 0 aliphatic carbocycles. The highest BCUT2D eigenvalue weighted by Gasteiger charge is 2.08. The second kappa shape index (κ2) is 6.39. The molecule has 0 saturated heterocycles. The highest BCUT2D eigenvalue weighted by molar-refractivity contribution is 5.39. The van der Waals surface area contributed by atoms with Gasteiger partial charge in [-0.25, -0.2) is 4.39 Å². The molecule has 20 heavy (non-hydrogen) atoms. The number of rotatable bonds is 5. The van der Waals surface area contributed by atoms with Crippen LogP contribution in [0.1, 0.15) is 24.1 Å². The van der Waals surface area contributed by atoms with Crippen molar-refractivity contribution in [1.29, 1.82) is 0 Å². The Balaban J connectivity index is 2.05. The Labute approximate surface area is 118 Å². The molecule has 0 aliphatic heterocycles. The van der Waals surface area contributed by atoms with Gasteiger partial charge in [0.1, 0.15) is 17.3 Å². The molecule has 1 atom stereocenters. The number of hydrogen-bond donors (Lipinski definition) is 2. The van der Waals surface area contributed by atoms with Crippen molar-refractivity contribution in [2.75, 3.05) is 7.11 Å². The largest absolute Gasteiger partial charge is 0.508 e. The molecule has 0 radical (unpaired) electrons. The Kier molecular flexibility index (Phi) is 4.58. The van der Waals surface area contributed by atoms with Crippen LogP contribution in [0.5, 0.6) is 11.5 Å². The van der Waals surface area contributed by atoms with Gasteiger partial charge in [0.25, 0.3) is 0 Å². The summed E-state index contributed by atoms with van der Waals surface area (Å²) in [6, 6.07) is 11.5. The van der Waals surface area contributed by atoms with Gasteiger partial charge in [0.2, 0.25) is 0 Å². The summed E-state index contributed by atoms with van der Waals surface area (Å²) in [7, 11) is 1.58. The van der Waals surface area contributed by atoms with Gasteiger partial charge in [-0.3, -0.25) is 0 Å². The fraction of sp³-hybridized carbons (Fsp3) is 0.250. The molecule has 2 aromatic rings. The summed E-state index contributed by atoms with van der Waals surface area (Å²) in [5, 5.41) is 13.1. The third-order valence-electron chi connectivity index (χ3n) is 3.23. The van der Waals surface area contributed by atoms with Crippen LogP contribution in [0.3, 0.4) is 0 Å². The van der Waals surface area contributed by atoms with Crippen molar-refractivity contribution in [3.05, 3.63) is 59.4 Å². The van der Waals surface area contributed by atoms with E-state index in [4.69, 9.17) is 4.74 Å². The summed E-state index contributed by atoms with van der Waals surface area (Å²) < 4.78 is 18.3. The number of phenols is 1. The van der Waals surface area contributed by atoms with Crippen molar-refractivity contribution in [3.8, 4) is 11.5 Å². The summed E-state index contributed by atoms with van der Waals surface area (Å²) in [6.45, 7) is 2.42. The van der Waals surface area contributed by atoms with Crippen LogP contribution in [0.15, 0.2) is 42.5 Å². The van der Waals surface area contributed by atoms with Crippen LogP contribution < -0.4 is 10.1 Å². The number of methoxy groups -OCH3 is 1. The second-order valence-corrected chi connectivity index (χ2v) is 4.65. The average Bonchev–Trinajstić information content (AvgIpc) is 2.46. The van der Waals surface area contributed by atoms with E-state index in [9.17, 15) is 9.50 Å². The van der Waals surface area contributed by atoms with Gasteiger partial charge in [-0.15, -0.1) is 0 Å². The van der Waals surface area contributed by atoms with Gasteiger partial charge in [0.05, 0.1) is 7.11 Å². The first-order valence-electron chi connectivity index (χ1n) is 6.45. The molecule has 0 spiro atoms. The number of hydrogen-bond acceptors (Lipinski definition) is 3. The van der Waals surface area contributed by atoms with Crippen LogP contribution in [0.25, 0.3) is 0 Å². The zero-order valence-corrected chi connectivity index (χ0v) is 11.6. The minimum Gasteiger partial charge on any atom is -0.508 e. The van der Waals surface area contributed by atoms with Crippen LogP contribution in [-0.2, 0) is 6.54 Å². The molecule has 0 saturated carbocycles. The zero-order valence-electron chi connectivity index (χ0n) is 11.6. The molecule has 3 nitrogen and oxygen atoms in total. The molecule has 2 aromatic carbocycles. The SMILES string of the molecule is COc1ccc(O)c(CN[C@@H](C)c2cccc(F)c2)c1. The highest BCUT2D eigenvalue weighted by atomic mass is 19.1. The number of halogens is 1. The van der Waals surface area contributed by atoms with Crippen LogP contribution >= 0.6 is 0 Å². The molecule has 0 aliphatic rings. The van der Waals surface area contributed by atoms with Crippen LogP contribution in [0, 0.1) is 5.82 Å². The molecule has 0 aromatic heterocycles.